The second-order valence-electron chi connectivity index (χ2n) is 11.1. The molecule has 2 amide bonds. The van der Waals surface area contributed by atoms with Crippen LogP contribution < -0.4 is 40.3 Å². The van der Waals surface area contributed by atoms with Gasteiger partial charge in [-0.2, -0.15) is 0 Å². The summed E-state index contributed by atoms with van der Waals surface area (Å²) in [5.74, 6) is 1.79. The maximum atomic E-state index is 13.8. The van der Waals surface area contributed by atoms with Crippen molar-refractivity contribution in [3.8, 4) is 34.1 Å². The van der Waals surface area contributed by atoms with E-state index in [2.05, 4.69) is 16.0 Å². The summed E-state index contributed by atoms with van der Waals surface area (Å²) >= 11 is 0. The van der Waals surface area contributed by atoms with Crippen molar-refractivity contribution in [3.05, 3.63) is 69.9 Å². The normalized spacial score (nSPS) is 14.3. The van der Waals surface area contributed by atoms with Crippen LogP contribution >= 0.6 is 0 Å². The molecule has 3 N–H and O–H groups in total. The van der Waals surface area contributed by atoms with Crippen LogP contribution in [0.25, 0.3) is 11.1 Å². The van der Waals surface area contributed by atoms with Gasteiger partial charge in [0.25, 0.3) is 0 Å². The number of rotatable bonds is 11. The van der Waals surface area contributed by atoms with Crippen molar-refractivity contribution in [1.82, 2.24) is 5.32 Å². The quantitative estimate of drug-likeness (QED) is 0.269. The monoisotopic (exact) mass is 603 g/mol. The minimum absolute atomic E-state index is 0.168. The Balaban J connectivity index is 1.82. The van der Waals surface area contributed by atoms with E-state index in [4.69, 9.17) is 18.9 Å². The summed E-state index contributed by atoms with van der Waals surface area (Å²) in [7, 11) is 6.24. The van der Waals surface area contributed by atoms with Crippen LogP contribution in [0.15, 0.2) is 53.3 Å². The van der Waals surface area contributed by atoms with Crippen molar-refractivity contribution in [2.24, 2.45) is 5.92 Å². The SMILES string of the molecule is COc1ccc(NC(=O)[C@H](CC(C)C)Nc2ccc3c(cc2=O)[C@H](NC(C)=O)CCc2cc(OC)c(OC)c(OC)c2-3)cc1. The lowest BCUT2D eigenvalue weighted by Gasteiger charge is -2.21. The van der Waals surface area contributed by atoms with Crippen LogP contribution in [0, 0.1) is 5.92 Å². The van der Waals surface area contributed by atoms with E-state index in [1.165, 1.54) is 13.0 Å². The Bertz CT molecular complexity index is 1570. The third kappa shape index (κ3) is 7.07. The molecule has 4 rings (SSSR count). The molecule has 1 aliphatic carbocycles. The predicted molar refractivity (Wildman–Crippen MR) is 171 cm³/mol. The number of fused-ring (bicyclic) bond motifs is 3. The lowest BCUT2D eigenvalue weighted by Crippen LogP contribution is -2.37. The van der Waals surface area contributed by atoms with Crippen LogP contribution in [0.3, 0.4) is 0 Å². The highest BCUT2D eigenvalue weighted by Gasteiger charge is 2.30. The van der Waals surface area contributed by atoms with Gasteiger partial charge in [-0.15, -0.1) is 0 Å². The van der Waals surface area contributed by atoms with E-state index in [0.717, 1.165) is 11.1 Å². The first-order chi connectivity index (χ1) is 21.1. The van der Waals surface area contributed by atoms with Crippen molar-refractivity contribution >= 4 is 23.2 Å². The summed E-state index contributed by atoms with van der Waals surface area (Å²) in [4.78, 5) is 39.5. The van der Waals surface area contributed by atoms with Gasteiger partial charge in [0.1, 0.15) is 11.8 Å². The molecule has 1 aliphatic rings. The Hall–Kier alpha value is -4.73. The van der Waals surface area contributed by atoms with Crippen molar-refractivity contribution < 1.29 is 28.5 Å². The standard InChI is InChI=1S/C34H41N3O7/c1-19(2)16-28(34(40)36-22-9-11-23(41-4)12-10-22)37-27-15-13-24-25(18-29(27)39)26(35-20(3)38)14-8-21-17-30(42-5)32(43-6)33(44-7)31(21)24/h9-13,15,17-19,26,28H,8,14,16H2,1-7H3,(H,35,38)(H,36,40)(H,37,39)/t26-,28+/m1/s1. The van der Waals surface area contributed by atoms with Gasteiger partial charge >= 0.3 is 0 Å². The minimum atomic E-state index is -0.690. The highest BCUT2D eigenvalue weighted by Crippen LogP contribution is 2.50. The average Bonchev–Trinajstić information content (AvgIpc) is 3.24. The number of hydrogen-bond donors (Lipinski definition) is 3. The number of nitrogens with one attached hydrogen (secondary N) is 3. The fraction of sp³-hybridized carbons (Fsp3) is 0.382. The fourth-order valence-corrected chi connectivity index (χ4v) is 5.62. The van der Waals surface area contributed by atoms with Crippen LogP contribution in [0.2, 0.25) is 0 Å². The number of ether oxygens (including phenoxy) is 4. The topological polar surface area (TPSA) is 124 Å². The third-order valence-electron chi connectivity index (χ3n) is 7.63. The summed E-state index contributed by atoms with van der Waals surface area (Å²) in [6, 6.07) is 12.9. The Morgan fingerprint density at radius 1 is 0.909 bits per heavy atom. The van der Waals surface area contributed by atoms with Gasteiger partial charge < -0.3 is 34.9 Å². The Labute approximate surface area is 258 Å². The highest BCUT2D eigenvalue weighted by molar-refractivity contribution is 5.96. The largest absolute Gasteiger partial charge is 0.497 e. The molecule has 10 heteroatoms. The number of methoxy groups -OCH3 is 4. The number of amides is 2. The van der Waals surface area contributed by atoms with E-state index in [1.54, 1.807) is 58.8 Å². The van der Waals surface area contributed by atoms with Crippen molar-refractivity contribution in [1.29, 1.82) is 0 Å². The van der Waals surface area contributed by atoms with Gasteiger partial charge in [0.2, 0.25) is 23.0 Å². The van der Waals surface area contributed by atoms with E-state index in [1.807, 2.05) is 26.0 Å². The van der Waals surface area contributed by atoms with Gasteiger partial charge in [0.15, 0.2) is 11.5 Å². The number of carbonyl (C=O) groups excluding carboxylic acids is 2. The van der Waals surface area contributed by atoms with Crippen LogP contribution in [0.4, 0.5) is 11.4 Å². The molecule has 0 aromatic heterocycles. The number of benzene rings is 2. The molecule has 0 spiro atoms. The Kier molecular flexibility index (Phi) is 10.4. The molecule has 2 atom stereocenters. The van der Waals surface area contributed by atoms with Gasteiger partial charge in [-0.05, 0) is 84.3 Å². The molecule has 0 aliphatic heterocycles. The number of carbonyl (C=O) groups is 2. The zero-order valence-electron chi connectivity index (χ0n) is 26.3. The van der Waals surface area contributed by atoms with Crippen molar-refractivity contribution in [3.63, 3.8) is 0 Å². The molecule has 0 unspecified atom stereocenters. The van der Waals surface area contributed by atoms with E-state index < -0.39 is 12.1 Å². The van der Waals surface area contributed by atoms with E-state index in [-0.39, 0.29) is 28.8 Å². The molecule has 3 aromatic carbocycles. The molecule has 3 aromatic rings. The van der Waals surface area contributed by atoms with Gasteiger partial charge in [-0.1, -0.05) is 19.9 Å². The van der Waals surface area contributed by atoms with E-state index >= 15 is 0 Å². The molecular formula is C34H41N3O7. The highest BCUT2D eigenvalue weighted by atomic mass is 16.5. The maximum absolute atomic E-state index is 13.8. The summed E-state index contributed by atoms with van der Waals surface area (Å²) in [5, 5.41) is 9.17. The summed E-state index contributed by atoms with van der Waals surface area (Å²) in [6.07, 6.45) is 1.63. The number of anilines is 2. The molecule has 0 fully saturated rings. The summed E-state index contributed by atoms with van der Waals surface area (Å²) in [5.41, 5.74) is 3.61. The average molecular weight is 604 g/mol. The fourth-order valence-electron chi connectivity index (χ4n) is 5.62. The van der Waals surface area contributed by atoms with E-state index in [0.29, 0.717) is 59.1 Å². The molecule has 44 heavy (non-hydrogen) atoms. The smallest absolute Gasteiger partial charge is 0.246 e. The molecule has 10 nitrogen and oxygen atoms in total. The summed E-state index contributed by atoms with van der Waals surface area (Å²) < 4.78 is 22.3. The van der Waals surface area contributed by atoms with Crippen LogP contribution in [0.5, 0.6) is 23.0 Å². The maximum Gasteiger partial charge on any atom is 0.246 e. The van der Waals surface area contributed by atoms with Crippen molar-refractivity contribution in [2.45, 2.75) is 52.1 Å². The molecule has 0 bridgehead atoms. The molecule has 0 saturated heterocycles. The van der Waals surface area contributed by atoms with Gasteiger partial charge in [0.05, 0.1) is 40.2 Å². The summed E-state index contributed by atoms with van der Waals surface area (Å²) in [6.45, 7) is 5.49. The van der Waals surface area contributed by atoms with Gasteiger partial charge in [0, 0.05) is 18.2 Å². The zero-order valence-corrected chi connectivity index (χ0v) is 26.3. The number of aryl methyl sites for hydroxylation is 1. The molecule has 0 heterocycles. The molecular weight excluding hydrogens is 562 g/mol. The first kappa shape index (κ1) is 32.2. The van der Waals surface area contributed by atoms with Crippen LogP contribution in [-0.4, -0.2) is 46.3 Å². The van der Waals surface area contributed by atoms with Crippen LogP contribution in [0.1, 0.15) is 50.8 Å². The van der Waals surface area contributed by atoms with Crippen LogP contribution in [-0.2, 0) is 16.0 Å². The zero-order chi connectivity index (χ0) is 32.0. The minimum Gasteiger partial charge on any atom is -0.497 e. The molecule has 0 radical (unpaired) electrons. The first-order valence-corrected chi connectivity index (χ1v) is 14.6. The Morgan fingerprint density at radius 3 is 2.20 bits per heavy atom. The van der Waals surface area contributed by atoms with Gasteiger partial charge in [-0.3, -0.25) is 14.4 Å². The molecule has 0 saturated carbocycles. The lowest BCUT2D eigenvalue weighted by molar-refractivity contribution is -0.120. The third-order valence-corrected chi connectivity index (χ3v) is 7.63. The lowest BCUT2D eigenvalue weighted by atomic mass is 9.95. The van der Waals surface area contributed by atoms with E-state index in [9.17, 15) is 14.4 Å². The first-order valence-electron chi connectivity index (χ1n) is 14.6. The predicted octanol–water partition coefficient (Wildman–Crippen LogP) is 5.34. The van der Waals surface area contributed by atoms with Gasteiger partial charge in [-0.25, -0.2) is 0 Å². The molecule has 234 valence electrons. The number of hydrogen-bond acceptors (Lipinski definition) is 8. The Morgan fingerprint density at radius 2 is 1.61 bits per heavy atom. The second kappa shape index (κ2) is 14.2. The van der Waals surface area contributed by atoms with Crippen molar-refractivity contribution in [2.75, 3.05) is 39.1 Å². The second-order valence-corrected chi connectivity index (χ2v) is 11.1.